The van der Waals surface area contributed by atoms with Gasteiger partial charge < -0.3 is 16.0 Å². The average molecular weight is 542 g/mol. The lowest BCUT2D eigenvalue weighted by Crippen LogP contribution is -2.49. The van der Waals surface area contributed by atoms with Crippen LogP contribution in [0.25, 0.3) is 0 Å². The summed E-state index contributed by atoms with van der Waals surface area (Å²) in [6.45, 7) is 5.34. The van der Waals surface area contributed by atoms with E-state index in [0.29, 0.717) is 30.4 Å². The highest BCUT2D eigenvalue weighted by molar-refractivity contribution is 5.96. The highest BCUT2D eigenvalue weighted by Crippen LogP contribution is 2.37. The zero-order valence-electron chi connectivity index (χ0n) is 21.7. The van der Waals surface area contributed by atoms with Crippen molar-refractivity contribution < 1.29 is 14.0 Å². The van der Waals surface area contributed by atoms with Gasteiger partial charge in [-0.2, -0.15) is 5.10 Å². The zero-order chi connectivity index (χ0) is 26.7. The molecular weight excluding hydrogens is 509 g/mol. The Kier molecular flexibility index (Phi) is 9.40. The Bertz CT molecular complexity index is 1380. The third kappa shape index (κ3) is 6.46. The number of hydrogen-bond donors (Lipinski definition) is 3. The van der Waals surface area contributed by atoms with E-state index in [1.807, 2.05) is 26.0 Å². The normalized spacial score (nSPS) is 17.6. The molecule has 2 aromatic carbocycles. The van der Waals surface area contributed by atoms with Crippen LogP contribution < -0.4 is 16.6 Å². The van der Waals surface area contributed by atoms with Gasteiger partial charge in [-0.15, -0.1) is 12.4 Å². The highest BCUT2D eigenvalue weighted by Gasteiger charge is 2.39. The monoisotopic (exact) mass is 541 g/mol. The number of likely N-dealkylation sites (tertiary alicyclic amines) is 1. The Balaban J connectivity index is 0.00000400. The zero-order valence-corrected chi connectivity index (χ0v) is 22.5. The molecule has 1 saturated heterocycles. The molecule has 1 aliphatic rings. The van der Waals surface area contributed by atoms with Crippen molar-refractivity contribution in [1.29, 1.82) is 0 Å². The second-order valence-electron chi connectivity index (χ2n) is 9.74. The molecule has 10 heteroatoms. The van der Waals surface area contributed by atoms with E-state index in [1.54, 1.807) is 36.1 Å². The number of hydrogen-bond acceptors (Lipinski definition) is 5. The molecule has 1 aliphatic heterocycles. The summed E-state index contributed by atoms with van der Waals surface area (Å²) in [4.78, 5) is 39.9. The number of aromatic nitrogens is 2. The summed E-state index contributed by atoms with van der Waals surface area (Å²) in [5.41, 5.74) is 10.2. The first-order chi connectivity index (χ1) is 17.6. The maximum absolute atomic E-state index is 13.9. The number of nitrogens with two attached hydrogens (primary N) is 1. The molecule has 4 rings (SSSR count). The molecule has 1 unspecified atom stereocenters. The van der Waals surface area contributed by atoms with Gasteiger partial charge in [0, 0.05) is 29.6 Å². The third-order valence-electron chi connectivity index (χ3n) is 6.95. The van der Waals surface area contributed by atoms with E-state index < -0.39 is 0 Å². The van der Waals surface area contributed by atoms with Crippen LogP contribution >= 0.6 is 12.4 Å². The molecule has 0 aliphatic carbocycles. The molecule has 38 heavy (non-hydrogen) atoms. The Morgan fingerprint density at radius 1 is 1.16 bits per heavy atom. The van der Waals surface area contributed by atoms with Gasteiger partial charge in [-0.3, -0.25) is 14.4 Å². The van der Waals surface area contributed by atoms with Gasteiger partial charge in [0.25, 0.3) is 11.5 Å². The van der Waals surface area contributed by atoms with Crippen LogP contribution in [0.5, 0.6) is 0 Å². The molecular formula is C28H33ClFN5O3. The van der Waals surface area contributed by atoms with Crippen LogP contribution in [0.1, 0.15) is 64.1 Å². The lowest BCUT2D eigenvalue weighted by molar-refractivity contribution is -0.133. The largest absolute Gasteiger partial charge is 0.343 e. The second-order valence-corrected chi connectivity index (χ2v) is 9.74. The van der Waals surface area contributed by atoms with Crippen LogP contribution in [-0.4, -0.2) is 45.5 Å². The van der Waals surface area contributed by atoms with Crippen LogP contribution in [0, 0.1) is 19.7 Å². The quantitative estimate of drug-likeness (QED) is 0.423. The molecule has 0 saturated carbocycles. The van der Waals surface area contributed by atoms with Crippen LogP contribution in [0.2, 0.25) is 0 Å². The molecule has 202 valence electrons. The molecule has 8 nitrogen and oxygen atoms in total. The summed E-state index contributed by atoms with van der Waals surface area (Å²) in [6.07, 6.45) is 1.80. The molecule has 0 bridgehead atoms. The van der Waals surface area contributed by atoms with Gasteiger partial charge in [0.15, 0.2) is 0 Å². The Hall–Kier alpha value is -3.56. The van der Waals surface area contributed by atoms with Crippen molar-refractivity contribution in [2.45, 2.75) is 58.2 Å². The third-order valence-corrected chi connectivity index (χ3v) is 6.95. The van der Waals surface area contributed by atoms with Crippen molar-refractivity contribution in [3.05, 3.63) is 98.2 Å². The summed E-state index contributed by atoms with van der Waals surface area (Å²) in [7, 11) is 0. The van der Waals surface area contributed by atoms with Gasteiger partial charge in [0.2, 0.25) is 5.91 Å². The Morgan fingerprint density at radius 2 is 1.92 bits per heavy atom. The summed E-state index contributed by atoms with van der Waals surface area (Å²) in [5, 5.41) is 9.10. The summed E-state index contributed by atoms with van der Waals surface area (Å²) >= 11 is 0. The summed E-state index contributed by atoms with van der Waals surface area (Å²) < 4.78 is 13.9. The van der Waals surface area contributed by atoms with E-state index in [2.05, 4.69) is 15.5 Å². The molecule has 4 N–H and O–H groups in total. The number of carbonyl (C=O) groups is 2. The average Bonchev–Trinajstić information content (AvgIpc) is 3.31. The van der Waals surface area contributed by atoms with Crippen molar-refractivity contribution in [1.82, 2.24) is 20.4 Å². The highest BCUT2D eigenvalue weighted by atomic mass is 35.5. The number of carbonyl (C=O) groups excluding carboxylic acids is 2. The van der Waals surface area contributed by atoms with Crippen LogP contribution in [0.4, 0.5) is 4.39 Å². The number of nitrogens with one attached hydrogen (secondary N) is 2. The lowest BCUT2D eigenvalue weighted by atomic mass is 9.99. The number of aryl methyl sites for hydroxylation is 2. The molecule has 2 amide bonds. The van der Waals surface area contributed by atoms with E-state index in [-0.39, 0.29) is 60.3 Å². The first-order valence-corrected chi connectivity index (χ1v) is 12.4. The van der Waals surface area contributed by atoms with Gasteiger partial charge in [-0.1, -0.05) is 18.2 Å². The Labute approximate surface area is 227 Å². The van der Waals surface area contributed by atoms with E-state index >= 15 is 0 Å². The standard InChI is InChI=1S/C28H32FN5O3.ClH/c1-16-11-21(8-7-19(16)13-22-12-17(2)32-33-28(22)37)27(36)31-15-26(35)34-24(18(3)30)9-10-25(34)20-5-4-6-23(29)14-20;/h4-8,11-12,14,18,24-25H,9-10,13,15,30H2,1-3H3,(H,31,36)(H,33,37);1H/t18?,24-,25+;/m1./s1. The summed E-state index contributed by atoms with van der Waals surface area (Å²) in [6, 6.07) is 12.5. The first kappa shape index (κ1) is 29.0. The SMILES string of the molecule is Cc1cc(Cc2ccc(C(=O)NCC(=O)N3[C@@H](C(C)N)CC[C@H]3c3cccc(F)c3)cc2C)c(=O)[nH]n1.Cl. The first-order valence-electron chi connectivity index (χ1n) is 12.4. The minimum atomic E-state index is -0.376. The predicted molar refractivity (Wildman–Crippen MR) is 146 cm³/mol. The van der Waals surface area contributed by atoms with Gasteiger partial charge in [-0.05, 0) is 80.6 Å². The Morgan fingerprint density at radius 3 is 2.61 bits per heavy atom. The molecule has 3 atom stereocenters. The molecule has 1 fully saturated rings. The number of H-pyrrole nitrogens is 1. The molecule has 2 heterocycles. The predicted octanol–water partition coefficient (Wildman–Crippen LogP) is 3.35. The van der Waals surface area contributed by atoms with Crippen molar-refractivity contribution in [2.75, 3.05) is 6.54 Å². The van der Waals surface area contributed by atoms with Crippen LogP contribution in [0.3, 0.4) is 0 Å². The van der Waals surface area contributed by atoms with Gasteiger partial charge in [0.05, 0.1) is 18.3 Å². The minimum absolute atomic E-state index is 0. The maximum Gasteiger partial charge on any atom is 0.267 e. The number of nitrogens with zero attached hydrogens (tertiary/aromatic N) is 2. The maximum atomic E-state index is 13.9. The number of amides is 2. The van der Waals surface area contributed by atoms with Gasteiger partial charge >= 0.3 is 0 Å². The number of rotatable bonds is 7. The van der Waals surface area contributed by atoms with Crippen molar-refractivity contribution in [3.8, 4) is 0 Å². The topological polar surface area (TPSA) is 121 Å². The van der Waals surface area contributed by atoms with Crippen molar-refractivity contribution >= 4 is 24.2 Å². The fourth-order valence-corrected chi connectivity index (χ4v) is 5.04. The minimum Gasteiger partial charge on any atom is -0.343 e. The van der Waals surface area contributed by atoms with Crippen LogP contribution in [-0.2, 0) is 11.2 Å². The fourth-order valence-electron chi connectivity index (χ4n) is 5.04. The number of aromatic amines is 1. The van der Waals surface area contributed by atoms with Gasteiger partial charge in [0.1, 0.15) is 5.82 Å². The van der Waals surface area contributed by atoms with Crippen molar-refractivity contribution in [2.24, 2.45) is 5.73 Å². The molecule has 0 spiro atoms. The second kappa shape index (κ2) is 12.3. The van der Waals surface area contributed by atoms with E-state index in [1.165, 1.54) is 12.1 Å². The number of halogens is 2. The van der Waals surface area contributed by atoms with E-state index in [4.69, 9.17) is 5.73 Å². The van der Waals surface area contributed by atoms with Crippen molar-refractivity contribution in [3.63, 3.8) is 0 Å². The molecule has 0 radical (unpaired) electrons. The number of benzene rings is 2. The summed E-state index contributed by atoms with van der Waals surface area (Å²) in [5.74, 6) is -0.993. The van der Waals surface area contributed by atoms with Crippen LogP contribution in [0.15, 0.2) is 53.3 Å². The van der Waals surface area contributed by atoms with E-state index in [0.717, 1.165) is 22.4 Å². The smallest absolute Gasteiger partial charge is 0.267 e. The fraction of sp³-hybridized carbons (Fsp3) is 0.357. The van der Waals surface area contributed by atoms with Gasteiger partial charge in [-0.25, -0.2) is 9.49 Å². The van der Waals surface area contributed by atoms with E-state index in [9.17, 15) is 18.8 Å². The molecule has 1 aromatic heterocycles. The lowest BCUT2D eigenvalue weighted by Gasteiger charge is -2.33. The molecule has 3 aromatic rings.